The van der Waals surface area contributed by atoms with Gasteiger partial charge >= 0.3 is 0 Å². The van der Waals surface area contributed by atoms with Crippen molar-refractivity contribution in [3.8, 4) is 0 Å². The summed E-state index contributed by atoms with van der Waals surface area (Å²) in [5.74, 6) is -0.736. The molecule has 5 nitrogen and oxygen atoms in total. The number of carbonyl (C=O) groups excluding carboxylic acids is 1. The van der Waals surface area contributed by atoms with Crippen molar-refractivity contribution in [3.63, 3.8) is 0 Å². The minimum absolute atomic E-state index is 0.108. The molecule has 0 bridgehead atoms. The van der Waals surface area contributed by atoms with Crippen LogP contribution in [-0.2, 0) is 15.3 Å². The van der Waals surface area contributed by atoms with E-state index in [-0.39, 0.29) is 16.2 Å². The van der Waals surface area contributed by atoms with Gasteiger partial charge in [-0.3, -0.25) is 9.78 Å². The van der Waals surface area contributed by atoms with Gasteiger partial charge in [-0.05, 0) is 49.2 Å². The molecule has 0 amide bonds. The van der Waals surface area contributed by atoms with Gasteiger partial charge in [0.05, 0.1) is 10.6 Å². The fraction of sp³-hybridized carbons (Fsp3) is 0.455. The number of benzene rings is 1. The Morgan fingerprint density at radius 2 is 1.68 bits per heavy atom. The molecule has 1 saturated carbocycles. The molecule has 0 atom stereocenters. The molecule has 2 N–H and O–H groups in total. The fourth-order valence-electron chi connectivity index (χ4n) is 3.65. The Bertz CT molecular complexity index is 968. The summed E-state index contributed by atoms with van der Waals surface area (Å²) < 4.78 is 25.4. The second-order valence-corrected chi connectivity index (χ2v) is 10.6. The zero-order chi connectivity index (χ0) is 20.5. The molecule has 1 aromatic heterocycles. The van der Waals surface area contributed by atoms with Crippen LogP contribution in [0.1, 0.15) is 74.1 Å². The zero-order valence-electron chi connectivity index (χ0n) is 16.7. The highest BCUT2D eigenvalue weighted by atomic mass is 32.2. The Balaban J connectivity index is 1.95. The van der Waals surface area contributed by atoms with Gasteiger partial charge in [-0.1, -0.05) is 33.6 Å². The molecule has 1 aliphatic rings. The van der Waals surface area contributed by atoms with Crippen molar-refractivity contribution >= 4 is 21.3 Å². The number of aromatic nitrogens is 1. The summed E-state index contributed by atoms with van der Waals surface area (Å²) in [4.78, 5) is 17.9. The number of nitrogens with zero attached hydrogens (tertiary/aromatic N) is 1. The number of nitrogens with two attached hydrogens (primary N) is 1. The van der Waals surface area contributed by atoms with E-state index in [4.69, 9.17) is 10.7 Å². The SMILES string of the molecule is CC(C)(C)c1ccc(C(=O)CS(=O)(=O)c2ccc(N)cc2)c(C2CCCC2)n1. The molecule has 150 valence electrons. The Morgan fingerprint density at radius 1 is 1.07 bits per heavy atom. The van der Waals surface area contributed by atoms with Gasteiger partial charge in [-0.2, -0.15) is 0 Å². The van der Waals surface area contributed by atoms with Crippen LogP contribution in [0.4, 0.5) is 5.69 Å². The lowest BCUT2D eigenvalue weighted by Crippen LogP contribution is -2.21. The van der Waals surface area contributed by atoms with Crippen LogP contribution < -0.4 is 5.73 Å². The molecule has 1 aliphatic carbocycles. The van der Waals surface area contributed by atoms with Gasteiger partial charge in [0.15, 0.2) is 15.6 Å². The standard InChI is InChI=1S/C22H28N2O3S/c1-22(2,3)20-13-12-18(21(24-20)15-6-4-5-7-15)19(25)14-28(26,27)17-10-8-16(23)9-11-17/h8-13,15H,4-7,14,23H2,1-3H3. The van der Waals surface area contributed by atoms with Gasteiger partial charge in [-0.15, -0.1) is 0 Å². The van der Waals surface area contributed by atoms with Crippen molar-refractivity contribution in [3.05, 3.63) is 53.3 Å². The molecule has 1 fully saturated rings. The monoisotopic (exact) mass is 400 g/mol. The molecule has 0 aliphatic heterocycles. The molecule has 0 radical (unpaired) electrons. The van der Waals surface area contributed by atoms with Crippen molar-refractivity contribution < 1.29 is 13.2 Å². The molecule has 28 heavy (non-hydrogen) atoms. The molecule has 1 heterocycles. The maximum atomic E-state index is 13.0. The van der Waals surface area contributed by atoms with Gasteiger partial charge in [0.1, 0.15) is 5.75 Å². The van der Waals surface area contributed by atoms with Crippen LogP contribution in [0.5, 0.6) is 0 Å². The summed E-state index contributed by atoms with van der Waals surface area (Å²) in [5.41, 5.74) is 8.11. The second-order valence-electron chi connectivity index (χ2n) is 8.61. The predicted molar refractivity (Wildman–Crippen MR) is 111 cm³/mol. The summed E-state index contributed by atoms with van der Waals surface area (Å²) in [5, 5.41) is 0. The first-order chi connectivity index (χ1) is 13.1. The average Bonchev–Trinajstić information content (AvgIpc) is 3.15. The third-order valence-electron chi connectivity index (χ3n) is 5.30. The Labute approximate surface area is 167 Å². The molecule has 3 rings (SSSR count). The minimum atomic E-state index is -3.74. The van der Waals surface area contributed by atoms with E-state index in [1.807, 2.05) is 6.07 Å². The third-order valence-corrected chi connectivity index (χ3v) is 6.93. The van der Waals surface area contributed by atoms with Crippen molar-refractivity contribution in [1.29, 1.82) is 0 Å². The van der Waals surface area contributed by atoms with Gasteiger partial charge in [0.25, 0.3) is 0 Å². The third kappa shape index (κ3) is 4.43. The van der Waals surface area contributed by atoms with Crippen molar-refractivity contribution in [2.45, 2.75) is 62.7 Å². The second kappa shape index (κ2) is 7.66. The van der Waals surface area contributed by atoms with Crippen LogP contribution in [-0.4, -0.2) is 24.9 Å². The largest absolute Gasteiger partial charge is 0.399 e. The Kier molecular flexibility index (Phi) is 5.62. The van der Waals surface area contributed by atoms with Crippen molar-refractivity contribution in [1.82, 2.24) is 4.98 Å². The first kappa shape index (κ1) is 20.5. The number of hydrogen-bond acceptors (Lipinski definition) is 5. The van der Waals surface area contributed by atoms with E-state index in [1.54, 1.807) is 6.07 Å². The molecule has 0 spiro atoms. The van der Waals surface area contributed by atoms with E-state index in [1.165, 1.54) is 24.3 Å². The van der Waals surface area contributed by atoms with Crippen molar-refractivity contribution in [2.75, 3.05) is 11.5 Å². The fourth-order valence-corrected chi connectivity index (χ4v) is 4.87. The quantitative estimate of drug-likeness (QED) is 0.598. The van der Waals surface area contributed by atoms with Crippen molar-refractivity contribution in [2.24, 2.45) is 0 Å². The van der Waals surface area contributed by atoms with Crippen LogP contribution in [0.25, 0.3) is 0 Å². The molecule has 0 unspecified atom stereocenters. The number of hydrogen-bond donors (Lipinski definition) is 1. The number of pyridine rings is 1. The smallest absolute Gasteiger partial charge is 0.185 e. The summed E-state index contributed by atoms with van der Waals surface area (Å²) in [7, 11) is -3.74. The number of sulfone groups is 1. The highest BCUT2D eigenvalue weighted by Gasteiger charge is 2.29. The average molecular weight is 401 g/mol. The van der Waals surface area contributed by atoms with Crippen LogP contribution in [0.15, 0.2) is 41.3 Å². The first-order valence-electron chi connectivity index (χ1n) is 9.71. The summed E-state index contributed by atoms with van der Waals surface area (Å²) in [6.07, 6.45) is 4.21. The van der Waals surface area contributed by atoms with Crippen LogP contribution in [0.2, 0.25) is 0 Å². The maximum absolute atomic E-state index is 13.0. The number of ketones is 1. The van der Waals surface area contributed by atoms with Crippen LogP contribution >= 0.6 is 0 Å². The topological polar surface area (TPSA) is 90.1 Å². The number of rotatable bonds is 5. The molecule has 6 heteroatoms. The maximum Gasteiger partial charge on any atom is 0.185 e. The predicted octanol–water partition coefficient (Wildman–Crippen LogP) is 4.28. The van der Waals surface area contributed by atoms with Gasteiger partial charge in [0, 0.05) is 28.3 Å². The summed E-state index contributed by atoms with van der Waals surface area (Å²) in [6, 6.07) is 9.55. The highest BCUT2D eigenvalue weighted by molar-refractivity contribution is 7.92. The van der Waals surface area contributed by atoms with Crippen LogP contribution in [0, 0.1) is 0 Å². The normalized spacial score (nSPS) is 15.7. The van der Waals surface area contributed by atoms with E-state index < -0.39 is 21.4 Å². The number of Topliss-reactive ketones (excluding diaryl/α,β-unsaturated/α-hetero) is 1. The minimum Gasteiger partial charge on any atom is -0.399 e. The lowest BCUT2D eigenvalue weighted by molar-refractivity contribution is 0.101. The molecule has 0 saturated heterocycles. The van der Waals surface area contributed by atoms with Crippen LogP contribution in [0.3, 0.4) is 0 Å². The van der Waals surface area contributed by atoms with E-state index >= 15 is 0 Å². The molecular formula is C22H28N2O3S. The first-order valence-corrected chi connectivity index (χ1v) is 11.4. The lowest BCUT2D eigenvalue weighted by atomic mass is 9.89. The Morgan fingerprint density at radius 3 is 2.25 bits per heavy atom. The molecule has 1 aromatic carbocycles. The van der Waals surface area contributed by atoms with E-state index in [9.17, 15) is 13.2 Å². The zero-order valence-corrected chi connectivity index (χ0v) is 17.6. The van der Waals surface area contributed by atoms with Gasteiger partial charge < -0.3 is 5.73 Å². The van der Waals surface area contributed by atoms with E-state index in [0.29, 0.717) is 11.3 Å². The van der Waals surface area contributed by atoms with Gasteiger partial charge in [-0.25, -0.2) is 8.42 Å². The number of anilines is 1. The molecule has 2 aromatic rings. The number of nitrogen functional groups attached to an aromatic ring is 1. The van der Waals surface area contributed by atoms with Gasteiger partial charge in [0.2, 0.25) is 0 Å². The highest BCUT2D eigenvalue weighted by Crippen LogP contribution is 2.36. The Hall–Kier alpha value is -2.21. The molecular weight excluding hydrogens is 372 g/mol. The summed E-state index contributed by atoms with van der Waals surface area (Å²) >= 11 is 0. The van der Waals surface area contributed by atoms with E-state index in [2.05, 4.69) is 20.8 Å². The lowest BCUT2D eigenvalue weighted by Gasteiger charge is -2.22. The summed E-state index contributed by atoms with van der Waals surface area (Å²) in [6.45, 7) is 6.25. The number of carbonyl (C=O) groups is 1. The van der Waals surface area contributed by atoms with E-state index in [0.717, 1.165) is 37.1 Å².